The van der Waals surface area contributed by atoms with E-state index >= 15 is 0 Å². The fourth-order valence-electron chi connectivity index (χ4n) is 4.07. The van der Waals surface area contributed by atoms with Crippen LogP contribution in [0.15, 0.2) is 40.6 Å². The Kier molecular flexibility index (Phi) is 5.15. The van der Waals surface area contributed by atoms with Gasteiger partial charge in [-0.25, -0.2) is 19.6 Å². The van der Waals surface area contributed by atoms with Gasteiger partial charge >= 0.3 is 0 Å². The summed E-state index contributed by atoms with van der Waals surface area (Å²) in [5.41, 5.74) is 9.42. The van der Waals surface area contributed by atoms with Crippen LogP contribution in [-0.4, -0.2) is 48.9 Å². The number of H-pyrrole nitrogens is 1. The van der Waals surface area contributed by atoms with Crippen molar-refractivity contribution in [2.24, 2.45) is 9.98 Å². The maximum absolute atomic E-state index is 12.8. The number of benzene rings is 1. The molecule has 34 heavy (non-hydrogen) atoms. The molecular weight excluding hydrogens is 430 g/mol. The number of amidine groups is 1. The Morgan fingerprint density at radius 1 is 1.24 bits per heavy atom. The lowest BCUT2D eigenvalue weighted by Gasteiger charge is -2.19. The number of hydrogen-bond donors (Lipinski definition) is 3. The number of nitrogens with two attached hydrogens (primary N) is 1. The van der Waals surface area contributed by atoms with Gasteiger partial charge in [-0.1, -0.05) is 25.5 Å². The zero-order valence-electron chi connectivity index (χ0n) is 19.6. The standard InChI is InChI=1S/C24H27N9O/c1-5-6-17-26-11-18(30-17)31-23(34)16-9-13-7-8-14(10-15(13)29-16)20-19-21(25)27-12-28-22(19)33(32-20)24(2,3)4/h7-12,17,29H,5-6H2,1-4H3,(H2,25,27,28)(H,30,31,34). The Morgan fingerprint density at radius 2 is 2.06 bits per heavy atom. The molecule has 0 bridgehead atoms. The molecule has 0 radical (unpaired) electrons. The SMILES string of the molecule is CCCC1N=CC(NC(=O)c2cc3ccc(-c4nn(C(C)(C)C)c5ncnc(N)c45)cc3[nH]2)=N1. The van der Waals surface area contributed by atoms with Crippen LogP contribution in [0, 0.1) is 0 Å². The minimum absolute atomic E-state index is 0.107. The number of rotatable bonds is 4. The van der Waals surface area contributed by atoms with Crippen molar-refractivity contribution in [3.8, 4) is 11.3 Å². The molecule has 0 saturated heterocycles. The number of nitrogens with one attached hydrogen (secondary N) is 2. The summed E-state index contributed by atoms with van der Waals surface area (Å²) in [6.45, 7) is 8.26. The van der Waals surface area contributed by atoms with Crippen molar-refractivity contribution in [1.82, 2.24) is 30.0 Å². The normalized spacial score (nSPS) is 15.9. The average molecular weight is 458 g/mol. The van der Waals surface area contributed by atoms with Crippen LogP contribution < -0.4 is 11.1 Å². The van der Waals surface area contributed by atoms with Crippen LogP contribution in [0.25, 0.3) is 33.2 Å². The first-order valence-corrected chi connectivity index (χ1v) is 11.3. The largest absolute Gasteiger partial charge is 0.383 e. The van der Waals surface area contributed by atoms with E-state index in [9.17, 15) is 4.79 Å². The maximum Gasteiger partial charge on any atom is 0.273 e. The molecule has 3 aromatic heterocycles. The second-order valence-electron chi connectivity index (χ2n) is 9.39. The lowest BCUT2D eigenvalue weighted by Crippen LogP contribution is -2.30. The summed E-state index contributed by atoms with van der Waals surface area (Å²) in [6, 6.07) is 7.68. The summed E-state index contributed by atoms with van der Waals surface area (Å²) < 4.78 is 1.86. The quantitative estimate of drug-likeness (QED) is 0.429. The van der Waals surface area contributed by atoms with Gasteiger partial charge in [0, 0.05) is 16.5 Å². The zero-order valence-corrected chi connectivity index (χ0v) is 19.6. The van der Waals surface area contributed by atoms with Crippen LogP contribution in [0.2, 0.25) is 0 Å². The summed E-state index contributed by atoms with van der Waals surface area (Å²) in [5, 5.41) is 9.28. The number of fused-ring (bicyclic) bond motifs is 2. The van der Waals surface area contributed by atoms with Gasteiger partial charge in [-0.2, -0.15) is 5.10 Å². The van der Waals surface area contributed by atoms with Crippen LogP contribution in [0.4, 0.5) is 5.82 Å². The molecule has 4 aromatic rings. The Morgan fingerprint density at radius 3 is 2.82 bits per heavy atom. The molecule has 0 spiro atoms. The molecule has 1 aromatic carbocycles. The van der Waals surface area contributed by atoms with Crippen LogP contribution >= 0.6 is 0 Å². The van der Waals surface area contributed by atoms with Crippen LogP contribution in [0.1, 0.15) is 51.0 Å². The number of nitrogen functional groups attached to an aromatic ring is 1. The van der Waals surface area contributed by atoms with E-state index in [2.05, 4.69) is 57.9 Å². The van der Waals surface area contributed by atoms with Gasteiger partial charge in [-0.05, 0) is 39.3 Å². The smallest absolute Gasteiger partial charge is 0.273 e. The molecule has 174 valence electrons. The number of aromatic nitrogens is 5. The van der Waals surface area contributed by atoms with Gasteiger partial charge in [0.2, 0.25) is 0 Å². The zero-order chi connectivity index (χ0) is 24.0. The Labute approximate surface area is 196 Å². The minimum Gasteiger partial charge on any atom is -0.383 e. The van der Waals surface area contributed by atoms with Crippen LogP contribution in [-0.2, 0) is 5.54 Å². The number of amides is 1. The number of aromatic amines is 1. The van der Waals surface area contributed by atoms with Gasteiger partial charge in [0.05, 0.1) is 17.1 Å². The highest BCUT2D eigenvalue weighted by molar-refractivity contribution is 6.34. The first kappa shape index (κ1) is 21.7. The maximum atomic E-state index is 12.8. The number of aliphatic imine (C=N–C) groups is 2. The summed E-state index contributed by atoms with van der Waals surface area (Å²) in [6.07, 6.45) is 4.80. The molecule has 4 N–H and O–H groups in total. The summed E-state index contributed by atoms with van der Waals surface area (Å²) >= 11 is 0. The molecule has 5 rings (SSSR count). The molecule has 0 saturated carbocycles. The van der Waals surface area contributed by atoms with E-state index in [1.807, 2.05) is 28.9 Å². The van der Waals surface area contributed by atoms with Crippen molar-refractivity contribution in [2.45, 2.75) is 52.2 Å². The molecular formula is C24H27N9O. The van der Waals surface area contributed by atoms with Gasteiger partial charge in [-0.3, -0.25) is 9.79 Å². The van der Waals surface area contributed by atoms with E-state index in [1.165, 1.54) is 6.33 Å². The number of carbonyl (C=O) groups is 1. The molecule has 1 atom stereocenters. The number of nitrogens with zero attached hydrogens (tertiary/aromatic N) is 6. The van der Waals surface area contributed by atoms with E-state index < -0.39 is 0 Å². The van der Waals surface area contributed by atoms with Gasteiger partial charge in [0.1, 0.15) is 35.5 Å². The highest BCUT2D eigenvalue weighted by atomic mass is 16.2. The molecule has 10 nitrogen and oxygen atoms in total. The second kappa shape index (κ2) is 8.05. The third-order valence-corrected chi connectivity index (χ3v) is 5.72. The monoisotopic (exact) mass is 457 g/mol. The minimum atomic E-state index is -0.290. The van der Waals surface area contributed by atoms with E-state index in [-0.39, 0.29) is 17.6 Å². The van der Waals surface area contributed by atoms with E-state index in [0.717, 1.165) is 29.3 Å². The lowest BCUT2D eigenvalue weighted by molar-refractivity contribution is 0.0973. The highest BCUT2D eigenvalue weighted by Crippen LogP contribution is 2.34. The van der Waals surface area contributed by atoms with Crippen molar-refractivity contribution in [3.63, 3.8) is 0 Å². The summed E-state index contributed by atoms with van der Waals surface area (Å²) in [7, 11) is 0. The Balaban J connectivity index is 1.50. The van der Waals surface area contributed by atoms with Gasteiger partial charge in [-0.15, -0.1) is 0 Å². The number of anilines is 1. The molecule has 1 aliphatic rings. The number of carbonyl (C=O) groups excluding carboxylic acids is 1. The average Bonchev–Trinajstić information content (AvgIpc) is 3.50. The highest BCUT2D eigenvalue weighted by Gasteiger charge is 2.24. The van der Waals surface area contributed by atoms with Gasteiger partial charge in [0.15, 0.2) is 5.65 Å². The molecule has 1 aliphatic heterocycles. The molecule has 1 unspecified atom stereocenters. The first-order valence-electron chi connectivity index (χ1n) is 11.3. The first-order chi connectivity index (χ1) is 16.2. The summed E-state index contributed by atoms with van der Waals surface area (Å²) in [4.78, 5) is 33.3. The second-order valence-corrected chi connectivity index (χ2v) is 9.39. The Bertz CT molecular complexity index is 1470. The van der Waals surface area contributed by atoms with Crippen molar-refractivity contribution in [2.75, 3.05) is 5.73 Å². The van der Waals surface area contributed by atoms with Crippen LogP contribution in [0.3, 0.4) is 0 Å². The molecule has 1 amide bonds. The lowest BCUT2D eigenvalue weighted by atomic mass is 10.1. The topological polar surface area (TPSA) is 139 Å². The molecule has 0 aliphatic carbocycles. The third kappa shape index (κ3) is 3.81. The van der Waals surface area contributed by atoms with Crippen molar-refractivity contribution >= 4 is 45.7 Å². The molecule has 4 heterocycles. The van der Waals surface area contributed by atoms with E-state index in [0.29, 0.717) is 34.1 Å². The van der Waals surface area contributed by atoms with Crippen molar-refractivity contribution < 1.29 is 4.79 Å². The molecule has 10 heteroatoms. The fraction of sp³-hybridized carbons (Fsp3) is 0.333. The van der Waals surface area contributed by atoms with Crippen LogP contribution in [0.5, 0.6) is 0 Å². The predicted molar refractivity (Wildman–Crippen MR) is 134 cm³/mol. The van der Waals surface area contributed by atoms with E-state index in [1.54, 1.807) is 6.21 Å². The third-order valence-electron chi connectivity index (χ3n) is 5.72. The molecule has 0 fully saturated rings. The summed E-state index contributed by atoms with van der Waals surface area (Å²) in [5.74, 6) is 0.597. The fourth-order valence-corrected chi connectivity index (χ4v) is 4.07. The van der Waals surface area contributed by atoms with E-state index in [4.69, 9.17) is 10.8 Å². The van der Waals surface area contributed by atoms with Gasteiger partial charge < -0.3 is 16.0 Å². The van der Waals surface area contributed by atoms with Crippen molar-refractivity contribution in [3.05, 3.63) is 36.3 Å². The van der Waals surface area contributed by atoms with Gasteiger partial charge in [0.25, 0.3) is 5.91 Å². The number of hydrogen-bond acceptors (Lipinski definition) is 7. The Hall–Kier alpha value is -4.08. The predicted octanol–water partition coefficient (Wildman–Crippen LogP) is 3.65. The van der Waals surface area contributed by atoms with Crippen molar-refractivity contribution in [1.29, 1.82) is 0 Å².